The van der Waals surface area contributed by atoms with E-state index in [0.29, 0.717) is 28.5 Å². The molecule has 140 valence electrons. The Balaban J connectivity index is 0.00000225. The minimum absolute atomic E-state index is 0. The summed E-state index contributed by atoms with van der Waals surface area (Å²) < 4.78 is 34.7. The topological polar surface area (TPSA) is 67.4 Å². The highest BCUT2D eigenvalue weighted by Gasteiger charge is 2.34. The number of hydrogen-bond donors (Lipinski definition) is 2. The zero-order valence-corrected chi connectivity index (χ0v) is 17.1. The molecule has 0 atom stereocenters. The summed E-state index contributed by atoms with van der Waals surface area (Å²) in [5.74, 6) is 0. The van der Waals surface area contributed by atoms with Gasteiger partial charge in [0.25, 0.3) is 0 Å². The van der Waals surface area contributed by atoms with E-state index in [-0.39, 0.29) is 17.8 Å². The maximum absolute atomic E-state index is 12.8. The van der Waals surface area contributed by atoms with E-state index in [4.69, 9.17) is 16.3 Å². The van der Waals surface area contributed by atoms with Crippen molar-refractivity contribution in [3.8, 4) is 0 Å². The second-order valence-corrected chi connectivity index (χ2v) is 9.33. The van der Waals surface area contributed by atoms with Crippen LogP contribution in [0.4, 0.5) is 0 Å². The van der Waals surface area contributed by atoms with Crippen molar-refractivity contribution in [2.45, 2.75) is 17.7 Å². The van der Waals surface area contributed by atoms with Crippen LogP contribution in [0.3, 0.4) is 0 Å². The number of piperidine rings is 1. The monoisotopic (exact) mass is 424 g/mol. The molecule has 3 rings (SSSR count). The number of benzene rings is 1. The first-order valence-electron chi connectivity index (χ1n) is 7.82. The molecule has 1 aromatic carbocycles. The highest BCUT2D eigenvalue weighted by Crippen LogP contribution is 2.33. The van der Waals surface area contributed by atoms with Crippen LogP contribution in [-0.4, -0.2) is 41.8 Å². The summed E-state index contributed by atoms with van der Waals surface area (Å²) >= 11 is 7.43. The van der Waals surface area contributed by atoms with Gasteiger partial charge in [0.05, 0.1) is 6.61 Å². The zero-order chi connectivity index (χ0) is 17.2. The first-order chi connectivity index (χ1) is 11.5. The average Bonchev–Trinajstić information content (AvgIpc) is 2.98. The number of sulfonamides is 1. The van der Waals surface area contributed by atoms with Crippen molar-refractivity contribution in [1.29, 1.82) is 0 Å². The van der Waals surface area contributed by atoms with Gasteiger partial charge in [-0.1, -0.05) is 11.6 Å². The Kier molecular flexibility index (Phi) is 7.12. The van der Waals surface area contributed by atoms with Crippen LogP contribution in [0, 0.1) is 5.41 Å². The molecule has 0 spiro atoms. The molecule has 1 aliphatic rings. The Hall–Kier alpha value is -0.410. The van der Waals surface area contributed by atoms with Crippen LogP contribution in [0.15, 0.2) is 28.5 Å². The number of ether oxygens (including phenoxy) is 1. The standard InChI is InChI=1S/C16H21ClN2O3S2.ClH/c1-22-11-16(4-6-18-7-5-16)10-19-24(20,21)15-9-23-14-3-2-12(17)8-13(14)15;/h2-3,8-9,18-19H,4-7,10-11H2,1H3;1H. The maximum atomic E-state index is 12.8. The van der Waals surface area contributed by atoms with Crippen molar-refractivity contribution >= 4 is 55.5 Å². The van der Waals surface area contributed by atoms with Crippen LogP contribution in [0.25, 0.3) is 10.1 Å². The summed E-state index contributed by atoms with van der Waals surface area (Å²) in [6.45, 7) is 2.68. The molecule has 1 aliphatic heterocycles. The smallest absolute Gasteiger partial charge is 0.242 e. The van der Waals surface area contributed by atoms with E-state index in [1.54, 1.807) is 24.6 Å². The van der Waals surface area contributed by atoms with E-state index < -0.39 is 10.0 Å². The van der Waals surface area contributed by atoms with Crippen LogP contribution in [0.2, 0.25) is 5.02 Å². The van der Waals surface area contributed by atoms with Gasteiger partial charge in [-0.05, 0) is 44.1 Å². The number of hydrogen-bond acceptors (Lipinski definition) is 5. The van der Waals surface area contributed by atoms with E-state index in [1.165, 1.54) is 11.3 Å². The van der Waals surface area contributed by atoms with Gasteiger partial charge in [-0.25, -0.2) is 13.1 Å². The SMILES string of the molecule is COCC1(CNS(=O)(=O)c2csc3ccc(Cl)cc23)CCNCC1.Cl. The van der Waals surface area contributed by atoms with Gasteiger partial charge in [0.2, 0.25) is 10.0 Å². The number of methoxy groups -OCH3 is 1. The molecule has 5 nitrogen and oxygen atoms in total. The van der Waals surface area contributed by atoms with Gasteiger partial charge in [0, 0.05) is 39.6 Å². The van der Waals surface area contributed by atoms with E-state index in [9.17, 15) is 8.42 Å². The minimum atomic E-state index is -3.59. The summed E-state index contributed by atoms with van der Waals surface area (Å²) in [5.41, 5.74) is -0.156. The Morgan fingerprint density at radius 3 is 2.76 bits per heavy atom. The fourth-order valence-electron chi connectivity index (χ4n) is 3.15. The van der Waals surface area contributed by atoms with Gasteiger partial charge < -0.3 is 10.1 Å². The van der Waals surface area contributed by atoms with Crippen molar-refractivity contribution in [2.24, 2.45) is 5.41 Å². The van der Waals surface area contributed by atoms with Gasteiger partial charge in [0.1, 0.15) is 4.90 Å². The van der Waals surface area contributed by atoms with Crippen LogP contribution in [0.5, 0.6) is 0 Å². The van der Waals surface area contributed by atoms with Crippen LogP contribution in [-0.2, 0) is 14.8 Å². The maximum Gasteiger partial charge on any atom is 0.242 e. The Morgan fingerprint density at radius 2 is 2.08 bits per heavy atom. The van der Waals surface area contributed by atoms with Crippen LogP contribution < -0.4 is 10.0 Å². The Bertz CT molecular complexity index is 812. The molecule has 2 N–H and O–H groups in total. The zero-order valence-electron chi connectivity index (χ0n) is 13.9. The van der Waals surface area contributed by atoms with Crippen molar-refractivity contribution in [1.82, 2.24) is 10.0 Å². The number of nitrogens with one attached hydrogen (secondary N) is 2. The van der Waals surface area contributed by atoms with Crippen molar-refractivity contribution in [3.05, 3.63) is 28.6 Å². The fraction of sp³-hybridized carbons (Fsp3) is 0.500. The summed E-state index contributed by atoms with van der Waals surface area (Å²) in [6, 6.07) is 5.32. The molecule has 0 aliphatic carbocycles. The first kappa shape index (κ1) is 20.9. The van der Waals surface area contributed by atoms with Crippen molar-refractivity contribution < 1.29 is 13.2 Å². The Morgan fingerprint density at radius 1 is 1.36 bits per heavy atom. The normalized spacial score (nSPS) is 17.4. The molecule has 0 bridgehead atoms. The van der Waals surface area contributed by atoms with Gasteiger partial charge in [-0.3, -0.25) is 0 Å². The quantitative estimate of drug-likeness (QED) is 0.746. The molecular weight excluding hydrogens is 403 g/mol. The molecule has 1 aromatic heterocycles. The van der Waals surface area contributed by atoms with E-state index in [0.717, 1.165) is 30.6 Å². The van der Waals surface area contributed by atoms with Crippen LogP contribution in [0.1, 0.15) is 12.8 Å². The lowest BCUT2D eigenvalue weighted by Crippen LogP contribution is -2.47. The Labute approximate surface area is 163 Å². The van der Waals surface area contributed by atoms with E-state index in [2.05, 4.69) is 10.0 Å². The number of halogens is 2. The fourth-order valence-corrected chi connectivity index (χ4v) is 5.95. The highest BCUT2D eigenvalue weighted by atomic mass is 35.5. The molecule has 0 radical (unpaired) electrons. The van der Waals surface area contributed by atoms with Gasteiger partial charge >= 0.3 is 0 Å². The third kappa shape index (κ3) is 4.66. The summed E-state index contributed by atoms with van der Waals surface area (Å²) in [4.78, 5) is 0.298. The molecule has 0 amide bonds. The minimum Gasteiger partial charge on any atom is -0.384 e. The van der Waals surface area contributed by atoms with E-state index >= 15 is 0 Å². The van der Waals surface area contributed by atoms with Gasteiger partial charge in [0.15, 0.2) is 0 Å². The second-order valence-electron chi connectivity index (χ2n) is 6.25. The largest absolute Gasteiger partial charge is 0.384 e. The summed E-state index contributed by atoms with van der Waals surface area (Å²) in [6.07, 6.45) is 1.78. The first-order valence-corrected chi connectivity index (χ1v) is 10.6. The molecule has 2 aromatic rings. The summed E-state index contributed by atoms with van der Waals surface area (Å²) in [5, 5.41) is 6.19. The third-order valence-electron chi connectivity index (χ3n) is 4.54. The highest BCUT2D eigenvalue weighted by molar-refractivity contribution is 7.90. The van der Waals surface area contributed by atoms with Gasteiger partial charge in [-0.15, -0.1) is 23.7 Å². The molecule has 25 heavy (non-hydrogen) atoms. The average molecular weight is 425 g/mol. The van der Waals surface area contributed by atoms with E-state index in [1.807, 2.05) is 6.07 Å². The lowest BCUT2D eigenvalue weighted by atomic mass is 9.80. The molecule has 1 fully saturated rings. The third-order valence-corrected chi connectivity index (χ3v) is 7.33. The number of thiophene rings is 1. The number of fused-ring (bicyclic) bond motifs is 1. The summed E-state index contributed by atoms with van der Waals surface area (Å²) in [7, 11) is -1.93. The molecule has 1 saturated heterocycles. The predicted octanol–water partition coefficient (Wildman–Crippen LogP) is 3.27. The number of rotatable bonds is 6. The molecule has 0 unspecified atom stereocenters. The van der Waals surface area contributed by atoms with Crippen LogP contribution >= 0.6 is 35.3 Å². The molecule has 0 saturated carbocycles. The lowest BCUT2D eigenvalue weighted by molar-refractivity contribution is 0.0577. The second kappa shape index (κ2) is 8.52. The predicted molar refractivity (Wildman–Crippen MR) is 106 cm³/mol. The molecular formula is C16H22Cl2N2O3S2. The van der Waals surface area contributed by atoms with Crippen molar-refractivity contribution in [2.75, 3.05) is 33.4 Å². The molecule has 2 heterocycles. The van der Waals surface area contributed by atoms with Gasteiger partial charge in [-0.2, -0.15) is 0 Å². The lowest BCUT2D eigenvalue weighted by Gasteiger charge is -2.37. The van der Waals surface area contributed by atoms with Crippen molar-refractivity contribution in [3.63, 3.8) is 0 Å². The molecule has 9 heteroatoms.